The van der Waals surface area contributed by atoms with Crippen molar-refractivity contribution in [3.63, 3.8) is 0 Å². The third-order valence-corrected chi connectivity index (χ3v) is 2.98. The largest absolute Gasteiger partial charge is 0.487 e. The van der Waals surface area contributed by atoms with E-state index in [1.54, 1.807) is 0 Å². The molecule has 0 aromatic heterocycles. The lowest BCUT2D eigenvalue weighted by molar-refractivity contribution is 0.305. The molecule has 0 aliphatic carbocycles. The molecule has 21 heavy (non-hydrogen) atoms. The Labute approximate surface area is 128 Å². The Balaban J connectivity index is 2.03. The van der Waals surface area contributed by atoms with Crippen LogP contribution in [0.2, 0.25) is 5.02 Å². The number of hydrogen-bond acceptors (Lipinski definition) is 2. The summed E-state index contributed by atoms with van der Waals surface area (Å²) in [5.74, 6) is 5.87. The van der Waals surface area contributed by atoms with Crippen molar-refractivity contribution < 1.29 is 14.2 Å². The van der Waals surface area contributed by atoms with Crippen molar-refractivity contribution in [2.24, 2.45) is 0 Å². The van der Waals surface area contributed by atoms with Crippen molar-refractivity contribution in [2.45, 2.75) is 13.0 Å². The second-order valence-electron chi connectivity index (χ2n) is 4.34. The minimum atomic E-state index is -0.395. The summed E-state index contributed by atoms with van der Waals surface area (Å²) in [6.07, 6.45) is 0.450. The smallest absolute Gasteiger partial charge is 0.138 e. The number of hydrogen-bond donors (Lipinski definition) is 1. The standard InChI is InChI=1S/C17H14ClFO2/c18-16-11-15(19)7-8-17(16)21-12-14-6-3-5-13(10-14)4-1-2-9-20/h3,5-8,10-11,20H,2,9,12H2. The summed E-state index contributed by atoms with van der Waals surface area (Å²) in [6.45, 7) is 0.375. The van der Waals surface area contributed by atoms with E-state index in [2.05, 4.69) is 11.8 Å². The first-order chi connectivity index (χ1) is 10.2. The topological polar surface area (TPSA) is 29.5 Å². The molecule has 0 aliphatic heterocycles. The van der Waals surface area contributed by atoms with Crippen LogP contribution in [0, 0.1) is 17.7 Å². The van der Waals surface area contributed by atoms with Crippen LogP contribution < -0.4 is 4.74 Å². The highest BCUT2D eigenvalue weighted by atomic mass is 35.5. The van der Waals surface area contributed by atoms with E-state index < -0.39 is 5.82 Å². The average Bonchev–Trinajstić information content (AvgIpc) is 2.47. The monoisotopic (exact) mass is 304 g/mol. The van der Waals surface area contributed by atoms with Crippen LogP contribution in [0.4, 0.5) is 4.39 Å². The Morgan fingerprint density at radius 1 is 1.19 bits per heavy atom. The third kappa shape index (κ3) is 4.78. The molecule has 0 amide bonds. The van der Waals surface area contributed by atoms with E-state index in [1.165, 1.54) is 18.2 Å². The predicted octanol–water partition coefficient (Wildman–Crippen LogP) is 3.79. The van der Waals surface area contributed by atoms with Gasteiger partial charge in [0, 0.05) is 12.0 Å². The van der Waals surface area contributed by atoms with Gasteiger partial charge in [-0.1, -0.05) is 35.6 Å². The van der Waals surface area contributed by atoms with Gasteiger partial charge in [0.05, 0.1) is 11.6 Å². The van der Waals surface area contributed by atoms with Crippen molar-refractivity contribution in [1.82, 2.24) is 0 Å². The van der Waals surface area contributed by atoms with Gasteiger partial charge in [-0.25, -0.2) is 4.39 Å². The molecule has 2 rings (SSSR count). The van der Waals surface area contributed by atoms with E-state index in [1.807, 2.05) is 24.3 Å². The number of aliphatic hydroxyl groups is 1. The van der Waals surface area contributed by atoms with Crippen molar-refractivity contribution in [3.8, 4) is 17.6 Å². The summed E-state index contributed by atoms with van der Waals surface area (Å²) in [7, 11) is 0. The molecule has 0 saturated heterocycles. The first kappa shape index (κ1) is 15.4. The molecule has 2 aromatic carbocycles. The predicted molar refractivity (Wildman–Crippen MR) is 80.8 cm³/mol. The maximum Gasteiger partial charge on any atom is 0.138 e. The molecular formula is C17H14ClFO2. The highest BCUT2D eigenvalue weighted by molar-refractivity contribution is 6.32. The van der Waals surface area contributed by atoms with Gasteiger partial charge in [-0.05, 0) is 35.9 Å². The van der Waals surface area contributed by atoms with Gasteiger partial charge in [0.25, 0.3) is 0 Å². The summed E-state index contributed by atoms with van der Waals surface area (Å²) >= 11 is 5.90. The van der Waals surface area contributed by atoms with E-state index in [9.17, 15) is 4.39 Å². The Bertz CT molecular complexity index is 674. The lowest BCUT2D eigenvalue weighted by Gasteiger charge is -2.08. The fourth-order valence-corrected chi connectivity index (χ4v) is 1.93. The fourth-order valence-electron chi connectivity index (χ4n) is 1.71. The Hall–Kier alpha value is -2.02. The van der Waals surface area contributed by atoms with E-state index in [4.69, 9.17) is 21.4 Å². The summed E-state index contributed by atoms with van der Waals surface area (Å²) in [6, 6.07) is 11.6. The van der Waals surface area contributed by atoms with Crippen LogP contribution in [0.1, 0.15) is 17.5 Å². The zero-order valence-corrected chi connectivity index (χ0v) is 12.0. The number of ether oxygens (including phenoxy) is 1. The summed E-state index contributed by atoms with van der Waals surface area (Å²) < 4.78 is 18.5. The second kappa shape index (κ2) is 7.68. The first-order valence-electron chi connectivity index (χ1n) is 6.45. The maximum atomic E-state index is 12.9. The molecule has 108 valence electrons. The van der Waals surface area contributed by atoms with Crippen LogP contribution in [0.25, 0.3) is 0 Å². The van der Waals surface area contributed by atoms with Crippen LogP contribution in [0.15, 0.2) is 42.5 Å². The molecule has 1 N–H and O–H groups in total. The summed E-state index contributed by atoms with van der Waals surface area (Å²) in [4.78, 5) is 0. The van der Waals surface area contributed by atoms with E-state index in [-0.39, 0.29) is 11.6 Å². The molecule has 4 heteroatoms. The van der Waals surface area contributed by atoms with Crippen molar-refractivity contribution in [2.75, 3.05) is 6.61 Å². The van der Waals surface area contributed by atoms with Crippen LogP contribution in [0.5, 0.6) is 5.75 Å². The van der Waals surface area contributed by atoms with Gasteiger partial charge in [0.15, 0.2) is 0 Å². The normalized spacial score (nSPS) is 9.86. The summed E-state index contributed by atoms with van der Waals surface area (Å²) in [5.41, 5.74) is 1.79. The summed E-state index contributed by atoms with van der Waals surface area (Å²) in [5, 5.41) is 8.94. The molecule has 0 radical (unpaired) electrons. The molecule has 2 nitrogen and oxygen atoms in total. The molecule has 2 aromatic rings. The minimum absolute atomic E-state index is 0.0544. The number of aliphatic hydroxyl groups excluding tert-OH is 1. The van der Waals surface area contributed by atoms with Gasteiger partial charge in [-0.2, -0.15) is 0 Å². The molecule has 0 heterocycles. The second-order valence-corrected chi connectivity index (χ2v) is 4.75. The SMILES string of the molecule is OCCC#Cc1cccc(COc2ccc(F)cc2Cl)c1. The molecular weight excluding hydrogens is 291 g/mol. The molecule has 0 spiro atoms. The lowest BCUT2D eigenvalue weighted by atomic mass is 10.1. The molecule has 0 aliphatic rings. The van der Waals surface area contributed by atoms with Gasteiger partial charge in [0.2, 0.25) is 0 Å². The van der Waals surface area contributed by atoms with Crippen LogP contribution in [-0.4, -0.2) is 11.7 Å². The van der Waals surface area contributed by atoms with Crippen molar-refractivity contribution >= 4 is 11.6 Å². The molecule has 0 fully saturated rings. The van der Waals surface area contributed by atoms with Gasteiger partial charge >= 0.3 is 0 Å². The van der Waals surface area contributed by atoms with Gasteiger partial charge in [-0.15, -0.1) is 0 Å². The third-order valence-electron chi connectivity index (χ3n) is 2.68. The van der Waals surface area contributed by atoms with Gasteiger partial charge < -0.3 is 9.84 Å². The molecule has 0 unspecified atom stereocenters. The Morgan fingerprint density at radius 2 is 2.05 bits per heavy atom. The number of rotatable bonds is 4. The zero-order chi connectivity index (χ0) is 15.1. The lowest BCUT2D eigenvalue weighted by Crippen LogP contribution is -1.96. The van der Waals surface area contributed by atoms with Crippen LogP contribution >= 0.6 is 11.6 Å². The molecule has 0 bridgehead atoms. The van der Waals surface area contributed by atoms with Crippen LogP contribution in [0.3, 0.4) is 0 Å². The Kier molecular flexibility index (Phi) is 5.62. The molecule has 0 saturated carbocycles. The van der Waals surface area contributed by atoms with Crippen molar-refractivity contribution in [1.29, 1.82) is 0 Å². The fraction of sp³-hybridized carbons (Fsp3) is 0.176. The number of benzene rings is 2. The van der Waals surface area contributed by atoms with Crippen molar-refractivity contribution in [3.05, 3.63) is 64.4 Å². The van der Waals surface area contributed by atoms with Gasteiger partial charge in [-0.3, -0.25) is 0 Å². The zero-order valence-electron chi connectivity index (χ0n) is 11.3. The van der Waals surface area contributed by atoms with Gasteiger partial charge in [0.1, 0.15) is 18.2 Å². The molecule has 0 atom stereocenters. The minimum Gasteiger partial charge on any atom is -0.487 e. The highest BCUT2D eigenvalue weighted by Crippen LogP contribution is 2.25. The first-order valence-corrected chi connectivity index (χ1v) is 6.83. The van der Waals surface area contributed by atoms with E-state index >= 15 is 0 Å². The Morgan fingerprint density at radius 3 is 2.81 bits per heavy atom. The van der Waals surface area contributed by atoms with E-state index in [0.717, 1.165) is 11.1 Å². The van der Waals surface area contributed by atoms with E-state index in [0.29, 0.717) is 18.8 Å². The highest BCUT2D eigenvalue weighted by Gasteiger charge is 2.03. The maximum absolute atomic E-state index is 12.9. The number of halogens is 2. The van der Waals surface area contributed by atoms with Crippen LogP contribution in [-0.2, 0) is 6.61 Å². The quantitative estimate of drug-likeness (QED) is 0.871. The average molecular weight is 305 g/mol.